The Balaban J connectivity index is 1.99. The highest BCUT2D eigenvalue weighted by Gasteiger charge is 2.19. The molecule has 0 radical (unpaired) electrons. The van der Waals surface area contributed by atoms with Crippen molar-refractivity contribution in [2.24, 2.45) is 0 Å². The van der Waals surface area contributed by atoms with Crippen molar-refractivity contribution < 1.29 is 23.9 Å². The quantitative estimate of drug-likeness (QED) is 0.592. The lowest BCUT2D eigenvalue weighted by Crippen LogP contribution is -2.38. The van der Waals surface area contributed by atoms with Gasteiger partial charge in [0.2, 0.25) is 0 Å². The molecule has 4 N–H and O–H groups in total. The number of aliphatic hydroxyl groups is 1. The van der Waals surface area contributed by atoms with Gasteiger partial charge in [0.15, 0.2) is 0 Å². The van der Waals surface area contributed by atoms with Crippen molar-refractivity contribution in [1.29, 1.82) is 0 Å². The molecule has 0 fully saturated rings. The van der Waals surface area contributed by atoms with Crippen molar-refractivity contribution in [3.8, 4) is 0 Å². The molecule has 0 bridgehead atoms. The molecule has 27 heavy (non-hydrogen) atoms. The third-order valence-electron chi connectivity index (χ3n) is 3.98. The molecule has 0 aliphatic heterocycles. The molecule has 0 aliphatic carbocycles. The summed E-state index contributed by atoms with van der Waals surface area (Å²) >= 11 is 0. The number of anilines is 1. The molecular weight excluding hydrogens is 353 g/mol. The van der Waals surface area contributed by atoms with Crippen LogP contribution in [0.5, 0.6) is 0 Å². The number of nitrogens with one attached hydrogen (secondary N) is 3. The Morgan fingerprint density at radius 1 is 1.07 bits per heavy atom. The first-order valence-electron chi connectivity index (χ1n) is 8.18. The van der Waals surface area contributed by atoms with Gasteiger partial charge < -0.3 is 21.1 Å². The molecule has 7 nitrogen and oxygen atoms in total. The van der Waals surface area contributed by atoms with Crippen LogP contribution in [0.1, 0.15) is 27.6 Å². The van der Waals surface area contributed by atoms with E-state index < -0.39 is 23.7 Å². The lowest BCUT2D eigenvalue weighted by molar-refractivity contribution is -0.136. The number of amides is 3. The molecule has 8 heteroatoms. The van der Waals surface area contributed by atoms with Crippen molar-refractivity contribution in [2.75, 3.05) is 18.9 Å². The Bertz CT molecular complexity index is 870. The lowest BCUT2D eigenvalue weighted by atomic mass is 10.1. The molecule has 142 valence electrons. The standard InChI is InChI=1S/C19H20FN3O4/c1-11-12(17(25)21-2)7-5-9-15(11)23-19(27)18(26)22-10-16(24)13-6-3-4-8-14(13)20/h3-9,16,24H,10H2,1-2H3,(H,21,25)(H,22,26)(H,23,27). The fourth-order valence-electron chi connectivity index (χ4n) is 2.46. The fourth-order valence-corrected chi connectivity index (χ4v) is 2.46. The molecule has 0 aromatic heterocycles. The van der Waals surface area contributed by atoms with Gasteiger partial charge in [-0.1, -0.05) is 24.3 Å². The van der Waals surface area contributed by atoms with Gasteiger partial charge in [-0.05, 0) is 30.7 Å². The zero-order valence-electron chi connectivity index (χ0n) is 14.9. The number of carbonyl (C=O) groups excluding carboxylic acids is 3. The van der Waals surface area contributed by atoms with Gasteiger partial charge in [-0.25, -0.2) is 4.39 Å². The summed E-state index contributed by atoms with van der Waals surface area (Å²) in [7, 11) is 1.49. The molecule has 1 unspecified atom stereocenters. The van der Waals surface area contributed by atoms with Gasteiger partial charge in [-0.2, -0.15) is 0 Å². The van der Waals surface area contributed by atoms with E-state index in [1.807, 2.05) is 0 Å². The van der Waals surface area contributed by atoms with E-state index in [0.717, 1.165) is 0 Å². The van der Waals surface area contributed by atoms with Crippen LogP contribution in [0.25, 0.3) is 0 Å². The predicted octanol–water partition coefficient (Wildman–Crippen LogP) is 1.28. The Morgan fingerprint density at radius 3 is 2.44 bits per heavy atom. The van der Waals surface area contributed by atoms with Gasteiger partial charge in [-0.3, -0.25) is 14.4 Å². The van der Waals surface area contributed by atoms with E-state index in [2.05, 4.69) is 16.0 Å². The monoisotopic (exact) mass is 373 g/mol. The largest absolute Gasteiger partial charge is 0.386 e. The van der Waals surface area contributed by atoms with Crippen molar-refractivity contribution >= 4 is 23.4 Å². The number of hydrogen-bond acceptors (Lipinski definition) is 4. The maximum Gasteiger partial charge on any atom is 0.313 e. The second-order valence-corrected chi connectivity index (χ2v) is 5.76. The first kappa shape index (κ1) is 20.1. The third kappa shape index (κ3) is 4.89. The first-order valence-corrected chi connectivity index (χ1v) is 8.18. The molecule has 0 heterocycles. The third-order valence-corrected chi connectivity index (χ3v) is 3.98. The summed E-state index contributed by atoms with van der Waals surface area (Å²) in [6.07, 6.45) is -1.29. The van der Waals surface area contributed by atoms with Gasteiger partial charge >= 0.3 is 11.8 Å². The number of hydrogen-bond donors (Lipinski definition) is 4. The van der Waals surface area contributed by atoms with Crippen molar-refractivity contribution in [3.63, 3.8) is 0 Å². The SMILES string of the molecule is CNC(=O)c1cccc(NC(=O)C(=O)NCC(O)c2ccccc2F)c1C. The lowest BCUT2D eigenvalue weighted by Gasteiger charge is -2.14. The minimum absolute atomic E-state index is 0.0207. The van der Waals surface area contributed by atoms with E-state index in [4.69, 9.17) is 0 Å². The average molecular weight is 373 g/mol. The van der Waals surface area contributed by atoms with Crippen LogP contribution in [0, 0.1) is 12.7 Å². The minimum atomic E-state index is -1.29. The number of aliphatic hydroxyl groups excluding tert-OH is 1. The summed E-state index contributed by atoms with van der Waals surface area (Å²) in [4.78, 5) is 35.8. The highest BCUT2D eigenvalue weighted by atomic mass is 19.1. The molecule has 0 saturated heterocycles. The predicted molar refractivity (Wildman–Crippen MR) is 97.6 cm³/mol. The minimum Gasteiger partial charge on any atom is -0.386 e. The van der Waals surface area contributed by atoms with E-state index in [0.29, 0.717) is 16.8 Å². The van der Waals surface area contributed by atoms with Crippen LogP contribution in [-0.4, -0.2) is 36.4 Å². The van der Waals surface area contributed by atoms with Crippen LogP contribution in [0.3, 0.4) is 0 Å². The maximum absolute atomic E-state index is 13.6. The summed E-state index contributed by atoms with van der Waals surface area (Å²) in [6.45, 7) is 1.31. The van der Waals surface area contributed by atoms with Crippen LogP contribution in [-0.2, 0) is 9.59 Å². The summed E-state index contributed by atoms with van der Waals surface area (Å²) in [5.74, 6) is -2.88. The second kappa shape index (κ2) is 8.91. The van der Waals surface area contributed by atoms with E-state index in [1.165, 1.54) is 25.2 Å². The van der Waals surface area contributed by atoms with E-state index in [1.54, 1.807) is 31.2 Å². The second-order valence-electron chi connectivity index (χ2n) is 5.76. The van der Waals surface area contributed by atoms with E-state index in [-0.39, 0.29) is 18.0 Å². The Hall–Kier alpha value is -3.26. The Labute approximate surface area is 155 Å². The molecule has 1 atom stereocenters. The smallest absolute Gasteiger partial charge is 0.313 e. The number of carbonyl (C=O) groups is 3. The van der Waals surface area contributed by atoms with Crippen LogP contribution >= 0.6 is 0 Å². The molecule has 2 aromatic rings. The van der Waals surface area contributed by atoms with Crippen molar-refractivity contribution in [2.45, 2.75) is 13.0 Å². The zero-order valence-corrected chi connectivity index (χ0v) is 14.9. The normalized spacial score (nSPS) is 11.4. The average Bonchev–Trinajstić information content (AvgIpc) is 2.67. The van der Waals surface area contributed by atoms with Crippen LogP contribution in [0.4, 0.5) is 10.1 Å². The molecular formula is C19H20FN3O4. The molecule has 0 spiro atoms. The molecule has 2 aromatic carbocycles. The molecule has 0 aliphatic rings. The van der Waals surface area contributed by atoms with E-state index in [9.17, 15) is 23.9 Å². The Kier molecular flexibility index (Phi) is 6.62. The fraction of sp³-hybridized carbons (Fsp3) is 0.211. The van der Waals surface area contributed by atoms with E-state index >= 15 is 0 Å². The first-order chi connectivity index (χ1) is 12.8. The number of rotatable bonds is 5. The van der Waals surface area contributed by atoms with Gasteiger partial charge in [0.1, 0.15) is 5.82 Å². The Morgan fingerprint density at radius 2 is 1.78 bits per heavy atom. The number of benzene rings is 2. The summed E-state index contributed by atoms with van der Waals surface area (Å²) in [6, 6.07) is 10.3. The highest BCUT2D eigenvalue weighted by Crippen LogP contribution is 2.19. The molecule has 2 rings (SSSR count). The van der Waals surface area contributed by atoms with Gasteiger partial charge in [0, 0.05) is 30.4 Å². The summed E-state index contributed by atoms with van der Waals surface area (Å²) in [5.41, 5.74) is 1.20. The molecule has 3 amide bonds. The maximum atomic E-state index is 13.6. The van der Waals surface area contributed by atoms with Gasteiger partial charge in [0.05, 0.1) is 6.10 Å². The molecule has 0 saturated carbocycles. The van der Waals surface area contributed by atoms with Crippen molar-refractivity contribution in [3.05, 3.63) is 65.0 Å². The number of halogens is 1. The van der Waals surface area contributed by atoms with Crippen molar-refractivity contribution in [1.82, 2.24) is 10.6 Å². The van der Waals surface area contributed by atoms with Crippen LogP contribution < -0.4 is 16.0 Å². The highest BCUT2D eigenvalue weighted by molar-refractivity contribution is 6.39. The summed E-state index contributed by atoms with van der Waals surface area (Å²) < 4.78 is 13.6. The van der Waals surface area contributed by atoms with Gasteiger partial charge in [0.25, 0.3) is 5.91 Å². The topological polar surface area (TPSA) is 108 Å². The summed E-state index contributed by atoms with van der Waals surface area (Å²) in [5, 5.41) is 17.1. The zero-order chi connectivity index (χ0) is 20.0. The van der Waals surface area contributed by atoms with Crippen LogP contribution in [0.15, 0.2) is 42.5 Å². The van der Waals surface area contributed by atoms with Gasteiger partial charge in [-0.15, -0.1) is 0 Å². The van der Waals surface area contributed by atoms with Crippen LogP contribution in [0.2, 0.25) is 0 Å².